The van der Waals surface area contributed by atoms with Gasteiger partial charge in [-0.25, -0.2) is 4.98 Å². The van der Waals surface area contributed by atoms with Crippen molar-refractivity contribution in [2.45, 2.75) is 45.4 Å². The predicted molar refractivity (Wildman–Crippen MR) is 110 cm³/mol. The van der Waals surface area contributed by atoms with Crippen LogP contribution in [-0.4, -0.2) is 19.8 Å². The number of hydrogen-bond acceptors (Lipinski definition) is 5. The van der Waals surface area contributed by atoms with E-state index in [1.165, 1.54) is 0 Å². The first kappa shape index (κ1) is 17.9. The molecule has 4 heterocycles. The van der Waals surface area contributed by atoms with Crippen molar-refractivity contribution in [2.75, 3.05) is 0 Å². The fraction of sp³-hybridized carbons (Fsp3) is 0.304. The quantitative estimate of drug-likeness (QED) is 0.548. The van der Waals surface area contributed by atoms with Crippen molar-refractivity contribution in [1.29, 1.82) is 0 Å². The largest absolute Gasteiger partial charge is 0.508 e. The molecule has 0 bridgehead atoms. The molecule has 0 fully saturated rings. The summed E-state index contributed by atoms with van der Waals surface area (Å²) in [6.45, 7) is 8.29. The lowest BCUT2D eigenvalue weighted by Gasteiger charge is -2.35. The summed E-state index contributed by atoms with van der Waals surface area (Å²) in [4.78, 5) is 18.1. The summed E-state index contributed by atoms with van der Waals surface area (Å²) in [7, 11) is 0. The second-order valence-corrected chi connectivity index (χ2v) is 7.71. The van der Waals surface area contributed by atoms with Crippen LogP contribution in [-0.2, 0) is 29.9 Å². The number of fused-ring (bicyclic) bond motifs is 5. The lowest BCUT2D eigenvalue weighted by molar-refractivity contribution is -0.0172. The zero-order valence-electron chi connectivity index (χ0n) is 16.5. The first-order valence-corrected chi connectivity index (χ1v) is 9.85. The van der Waals surface area contributed by atoms with Gasteiger partial charge in [0.25, 0.3) is 5.56 Å². The highest BCUT2D eigenvalue weighted by Gasteiger charge is 2.41. The van der Waals surface area contributed by atoms with Crippen molar-refractivity contribution in [3.05, 3.63) is 69.2 Å². The van der Waals surface area contributed by atoms with E-state index in [-0.39, 0.29) is 23.7 Å². The van der Waals surface area contributed by atoms with Crippen LogP contribution in [0.1, 0.15) is 42.5 Å². The van der Waals surface area contributed by atoms with E-state index in [9.17, 15) is 15.0 Å². The highest BCUT2D eigenvalue weighted by Crippen LogP contribution is 2.42. The summed E-state index contributed by atoms with van der Waals surface area (Å²) in [5.74, 6) is 0.465. The Kier molecular flexibility index (Phi) is 3.67. The van der Waals surface area contributed by atoms with Crippen LogP contribution in [0.15, 0.2) is 41.4 Å². The normalized spacial score (nSPS) is 19.6. The third-order valence-corrected chi connectivity index (χ3v) is 6.31. The summed E-state index contributed by atoms with van der Waals surface area (Å²) < 4.78 is 7.26. The van der Waals surface area contributed by atoms with Gasteiger partial charge >= 0.3 is 0 Å². The van der Waals surface area contributed by atoms with E-state index < -0.39 is 5.60 Å². The Morgan fingerprint density at radius 2 is 2.07 bits per heavy atom. The van der Waals surface area contributed by atoms with Crippen molar-refractivity contribution in [3.63, 3.8) is 0 Å². The number of rotatable bonds is 2. The molecule has 0 amide bonds. The highest BCUT2D eigenvalue weighted by molar-refractivity contribution is 5.89. The molecule has 0 saturated heterocycles. The number of hydrogen-bond donors (Lipinski definition) is 2. The van der Waals surface area contributed by atoms with Crippen LogP contribution in [0.5, 0.6) is 5.75 Å². The zero-order chi connectivity index (χ0) is 20.5. The molecule has 6 nitrogen and oxygen atoms in total. The minimum absolute atomic E-state index is 0.107. The third kappa shape index (κ3) is 2.26. The van der Waals surface area contributed by atoms with Crippen molar-refractivity contribution < 1.29 is 14.9 Å². The Hall–Kier alpha value is -3.12. The molecule has 2 aliphatic rings. The van der Waals surface area contributed by atoms with Gasteiger partial charge in [-0.15, -0.1) is 0 Å². The number of ether oxygens (including phenoxy) is 1. The Balaban J connectivity index is 1.84. The molecule has 0 aliphatic carbocycles. The van der Waals surface area contributed by atoms with Crippen molar-refractivity contribution in [1.82, 2.24) is 9.55 Å². The highest BCUT2D eigenvalue weighted by atomic mass is 16.5. The van der Waals surface area contributed by atoms with E-state index in [0.29, 0.717) is 29.8 Å². The van der Waals surface area contributed by atoms with Crippen molar-refractivity contribution >= 4 is 10.9 Å². The van der Waals surface area contributed by atoms with Crippen molar-refractivity contribution in [3.8, 4) is 17.1 Å². The van der Waals surface area contributed by atoms with Gasteiger partial charge in [-0.1, -0.05) is 20.4 Å². The zero-order valence-corrected chi connectivity index (χ0v) is 16.5. The van der Waals surface area contributed by atoms with Crippen LogP contribution in [0.3, 0.4) is 0 Å². The topological polar surface area (TPSA) is 84.6 Å². The summed E-state index contributed by atoms with van der Waals surface area (Å²) >= 11 is 0. The first-order valence-electron chi connectivity index (χ1n) is 9.85. The van der Waals surface area contributed by atoms with Crippen LogP contribution < -0.4 is 5.56 Å². The molecule has 6 heteroatoms. The van der Waals surface area contributed by atoms with E-state index in [2.05, 4.69) is 13.5 Å². The van der Waals surface area contributed by atoms with Gasteiger partial charge in [0.1, 0.15) is 23.7 Å². The number of aryl methyl sites for hydroxylation is 1. The maximum Gasteiger partial charge on any atom is 0.258 e. The van der Waals surface area contributed by atoms with Gasteiger partial charge < -0.3 is 19.5 Å². The molecule has 0 unspecified atom stereocenters. The summed E-state index contributed by atoms with van der Waals surface area (Å²) in [5, 5.41) is 22.0. The van der Waals surface area contributed by atoms with E-state index in [1.807, 2.05) is 13.0 Å². The molecular formula is C23H22N2O4. The molecule has 2 N–H and O–H groups in total. The smallest absolute Gasteiger partial charge is 0.258 e. The number of phenolic OH excluding ortho intramolecular Hbond substituents is 1. The van der Waals surface area contributed by atoms with Gasteiger partial charge in [0.15, 0.2) is 0 Å². The number of benzene rings is 1. The minimum atomic E-state index is -1.39. The molecular weight excluding hydrogens is 368 g/mol. The molecule has 3 aromatic rings. The minimum Gasteiger partial charge on any atom is -0.508 e. The molecule has 2 aliphatic heterocycles. The van der Waals surface area contributed by atoms with Gasteiger partial charge in [0.05, 0.1) is 29.0 Å². The van der Waals surface area contributed by atoms with E-state index in [0.717, 1.165) is 34.1 Å². The number of aromatic nitrogens is 2. The molecule has 1 atom stereocenters. The van der Waals surface area contributed by atoms with Gasteiger partial charge in [-0.3, -0.25) is 4.79 Å². The van der Waals surface area contributed by atoms with Crippen LogP contribution in [0.4, 0.5) is 0 Å². The third-order valence-electron chi connectivity index (χ3n) is 6.31. The van der Waals surface area contributed by atoms with Gasteiger partial charge in [-0.2, -0.15) is 0 Å². The summed E-state index contributed by atoms with van der Waals surface area (Å²) in [6, 6.07) is 7.01. The van der Waals surface area contributed by atoms with E-state index in [1.54, 1.807) is 22.8 Å². The van der Waals surface area contributed by atoms with E-state index in [4.69, 9.17) is 9.72 Å². The van der Waals surface area contributed by atoms with Crippen LogP contribution in [0, 0.1) is 0 Å². The molecule has 0 radical (unpaired) electrons. The molecule has 148 valence electrons. The SMILES string of the molecule is C=C1OCc2c(cc3n(c2=O)Cc2c-3nc3ccc(O)cc3c2CC)[C@@]1(O)CC. The average Bonchev–Trinajstić information content (AvgIpc) is 3.08. The van der Waals surface area contributed by atoms with Crippen LogP contribution >= 0.6 is 0 Å². The number of phenols is 1. The number of aromatic hydroxyl groups is 1. The van der Waals surface area contributed by atoms with Gasteiger partial charge in [0, 0.05) is 16.5 Å². The van der Waals surface area contributed by atoms with Crippen molar-refractivity contribution in [2.24, 2.45) is 0 Å². The Labute approximate surface area is 167 Å². The Morgan fingerprint density at radius 3 is 2.79 bits per heavy atom. The number of nitrogens with zero attached hydrogens (tertiary/aromatic N) is 2. The number of aliphatic hydroxyl groups is 1. The average molecular weight is 390 g/mol. The summed E-state index contributed by atoms with van der Waals surface area (Å²) in [6.07, 6.45) is 1.12. The lowest BCUT2D eigenvalue weighted by atomic mass is 9.84. The van der Waals surface area contributed by atoms with Gasteiger partial charge in [-0.05, 0) is 42.7 Å². The molecule has 0 spiro atoms. The first-order chi connectivity index (χ1) is 13.9. The van der Waals surface area contributed by atoms with Crippen LogP contribution in [0.2, 0.25) is 0 Å². The second-order valence-electron chi connectivity index (χ2n) is 7.71. The lowest BCUT2D eigenvalue weighted by Crippen LogP contribution is -2.38. The summed E-state index contributed by atoms with van der Waals surface area (Å²) in [5.41, 5.74) is 3.79. The Bertz CT molecular complexity index is 1270. The Morgan fingerprint density at radius 1 is 1.28 bits per heavy atom. The monoisotopic (exact) mass is 390 g/mol. The molecule has 0 saturated carbocycles. The van der Waals surface area contributed by atoms with Crippen LogP contribution in [0.25, 0.3) is 22.3 Å². The molecule has 5 rings (SSSR count). The second kappa shape index (κ2) is 5.94. The standard InChI is InChI=1S/C23H22N2O4/c1-4-14-15-8-13(26)6-7-19(15)24-21-16(14)10-25-20(21)9-18-17(22(25)27)11-29-12(3)23(18,28)5-2/h6-9,26,28H,3-5,10-11H2,1-2H3/t23-/m1/s1. The molecule has 2 aromatic heterocycles. The maximum atomic E-state index is 13.3. The molecule has 1 aromatic carbocycles. The van der Waals surface area contributed by atoms with Gasteiger partial charge in [0.2, 0.25) is 0 Å². The fourth-order valence-electron chi connectivity index (χ4n) is 4.67. The molecule has 29 heavy (non-hydrogen) atoms. The fourth-order valence-corrected chi connectivity index (χ4v) is 4.67. The van der Waals surface area contributed by atoms with E-state index >= 15 is 0 Å². The number of pyridine rings is 2. The maximum absolute atomic E-state index is 13.3. The predicted octanol–water partition coefficient (Wildman–Crippen LogP) is 3.33.